The van der Waals surface area contributed by atoms with E-state index >= 15 is 0 Å². The number of hydrogen-bond donors (Lipinski definition) is 1. The Balaban J connectivity index is 1.79. The highest BCUT2D eigenvalue weighted by Crippen LogP contribution is 2.16. The number of benzene rings is 2. The monoisotopic (exact) mass is 360 g/mol. The molecule has 2 amide bonds. The summed E-state index contributed by atoms with van der Waals surface area (Å²) in [6.45, 7) is 2.62. The molecule has 0 radical (unpaired) electrons. The molecular weight excluding hydrogens is 340 g/mol. The molecule has 0 spiro atoms. The van der Waals surface area contributed by atoms with Crippen molar-refractivity contribution in [2.75, 3.05) is 19.7 Å². The van der Waals surface area contributed by atoms with Crippen molar-refractivity contribution in [2.24, 2.45) is 0 Å². The number of rotatable bonds is 8. The first kappa shape index (κ1) is 18.8. The van der Waals surface area contributed by atoms with Gasteiger partial charge in [-0.05, 0) is 30.7 Å². The van der Waals surface area contributed by atoms with E-state index in [0.717, 1.165) is 5.56 Å². The maximum atomic E-state index is 12.3. The minimum Gasteiger partial charge on any atom is -0.484 e. The maximum Gasteiger partial charge on any atom is 0.258 e. The summed E-state index contributed by atoms with van der Waals surface area (Å²) in [7, 11) is 0. The number of carbonyl (C=O) groups is 2. The lowest BCUT2D eigenvalue weighted by molar-refractivity contribution is -0.133. The summed E-state index contributed by atoms with van der Waals surface area (Å²) in [5, 5.41) is 3.20. The van der Waals surface area contributed by atoms with Crippen LogP contribution in [0.2, 0.25) is 5.02 Å². The first-order valence-corrected chi connectivity index (χ1v) is 8.43. The normalized spacial score (nSPS) is 10.2. The molecule has 132 valence electrons. The largest absolute Gasteiger partial charge is 0.484 e. The molecule has 6 heteroatoms. The fraction of sp³-hybridized carbons (Fsp3) is 0.263. The van der Waals surface area contributed by atoms with E-state index in [9.17, 15) is 9.59 Å². The molecule has 2 rings (SSSR count). The summed E-state index contributed by atoms with van der Waals surface area (Å²) >= 11 is 6.13. The van der Waals surface area contributed by atoms with Gasteiger partial charge in [0.1, 0.15) is 5.75 Å². The van der Waals surface area contributed by atoms with Gasteiger partial charge in [-0.1, -0.05) is 48.0 Å². The van der Waals surface area contributed by atoms with Crippen molar-refractivity contribution in [1.29, 1.82) is 0 Å². The molecule has 25 heavy (non-hydrogen) atoms. The average Bonchev–Trinajstić information content (AvgIpc) is 2.64. The zero-order valence-corrected chi connectivity index (χ0v) is 14.8. The molecule has 0 bridgehead atoms. The second-order valence-corrected chi connectivity index (χ2v) is 5.78. The van der Waals surface area contributed by atoms with Gasteiger partial charge in [0.2, 0.25) is 5.91 Å². The van der Waals surface area contributed by atoms with Crippen LogP contribution in [0.1, 0.15) is 12.5 Å². The number of nitrogens with zero attached hydrogens (tertiary/aromatic N) is 1. The predicted octanol–water partition coefficient (Wildman–Crippen LogP) is 2.88. The standard InChI is InChI=1S/C19H21ClN2O3/c1-2-22(13-15-8-6-7-11-17(15)20)19(24)12-21-18(23)14-25-16-9-4-3-5-10-16/h3-11H,2,12-14H2,1H3,(H,21,23). The number of hydrogen-bond acceptors (Lipinski definition) is 3. The minimum absolute atomic E-state index is 0.0741. The van der Waals surface area contributed by atoms with E-state index in [1.165, 1.54) is 0 Å². The molecule has 0 unspecified atom stereocenters. The molecule has 0 aliphatic rings. The summed E-state index contributed by atoms with van der Waals surface area (Å²) in [5.74, 6) is 0.0966. The Bertz CT molecular complexity index is 707. The second kappa shape index (κ2) is 9.69. The van der Waals surface area contributed by atoms with E-state index in [4.69, 9.17) is 16.3 Å². The van der Waals surface area contributed by atoms with Gasteiger partial charge in [0.25, 0.3) is 5.91 Å². The van der Waals surface area contributed by atoms with Gasteiger partial charge >= 0.3 is 0 Å². The van der Waals surface area contributed by atoms with Crippen LogP contribution in [0.15, 0.2) is 54.6 Å². The third-order valence-electron chi connectivity index (χ3n) is 3.60. The van der Waals surface area contributed by atoms with Crippen molar-refractivity contribution in [3.63, 3.8) is 0 Å². The smallest absolute Gasteiger partial charge is 0.258 e. The summed E-state index contributed by atoms with van der Waals surface area (Å²) < 4.78 is 5.34. The van der Waals surface area contributed by atoms with Crippen LogP contribution >= 0.6 is 11.6 Å². The lowest BCUT2D eigenvalue weighted by Crippen LogP contribution is -2.41. The number of likely N-dealkylation sites (N-methyl/N-ethyl adjacent to an activating group) is 1. The zero-order chi connectivity index (χ0) is 18.1. The zero-order valence-electron chi connectivity index (χ0n) is 14.1. The topological polar surface area (TPSA) is 58.6 Å². The Morgan fingerprint density at radius 2 is 1.76 bits per heavy atom. The minimum atomic E-state index is -0.342. The molecule has 0 aromatic heterocycles. The van der Waals surface area contributed by atoms with E-state index in [0.29, 0.717) is 23.9 Å². The van der Waals surface area contributed by atoms with Crippen LogP contribution < -0.4 is 10.1 Å². The summed E-state index contributed by atoms with van der Waals surface area (Å²) in [4.78, 5) is 25.8. The molecule has 0 atom stereocenters. The summed E-state index contributed by atoms with van der Waals surface area (Å²) in [5.41, 5.74) is 0.873. The quantitative estimate of drug-likeness (QED) is 0.787. The van der Waals surface area contributed by atoms with E-state index < -0.39 is 0 Å². The molecule has 2 aromatic carbocycles. The Labute approximate surface area is 152 Å². The van der Waals surface area contributed by atoms with Crippen LogP contribution in [0.25, 0.3) is 0 Å². The Morgan fingerprint density at radius 3 is 2.44 bits per heavy atom. The van der Waals surface area contributed by atoms with E-state index in [1.807, 2.05) is 43.3 Å². The SMILES string of the molecule is CCN(Cc1ccccc1Cl)C(=O)CNC(=O)COc1ccccc1. The highest BCUT2D eigenvalue weighted by atomic mass is 35.5. The third-order valence-corrected chi connectivity index (χ3v) is 3.97. The molecular formula is C19H21ClN2O3. The van der Waals surface area contributed by atoms with Gasteiger partial charge in [-0.2, -0.15) is 0 Å². The molecule has 0 saturated heterocycles. The van der Waals surface area contributed by atoms with Gasteiger partial charge in [0, 0.05) is 18.1 Å². The average molecular weight is 361 g/mol. The van der Waals surface area contributed by atoms with Gasteiger partial charge in [-0.25, -0.2) is 0 Å². The molecule has 0 heterocycles. The molecule has 5 nitrogen and oxygen atoms in total. The van der Waals surface area contributed by atoms with E-state index in [2.05, 4.69) is 5.32 Å². The molecule has 2 aromatic rings. The maximum absolute atomic E-state index is 12.3. The Kier molecular flexibility index (Phi) is 7.29. The van der Waals surface area contributed by atoms with E-state index in [1.54, 1.807) is 23.1 Å². The highest BCUT2D eigenvalue weighted by molar-refractivity contribution is 6.31. The van der Waals surface area contributed by atoms with Crippen LogP contribution in [-0.2, 0) is 16.1 Å². The fourth-order valence-corrected chi connectivity index (χ4v) is 2.41. The van der Waals surface area contributed by atoms with Crippen molar-refractivity contribution in [3.8, 4) is 5.75 Å². The van der Waals surface area contributed by atoms with Gasteiger partial charge in [0.15, 0.2) is 6.61 Å². The number of para-hydroxylation sites is 1. The van der Waals surface area contributed by atoms with Gasteiger partial charge in [0.05, 0.1) is 6.54 Å². The number of nitrogens with one attached hydrogen (secondary N) is 1. The number of amides is 2. The van der Waals surface area contributed by atoms with Crippen LogP contribution in [0.4, 0.5) is 0 Å². The number of carbonyl (C=O) groups excluding carboxylic acids is 2. The molecule has 0 aliphatic carbocycles. The third kappa shape index (κ3) is 6.12. The first-order valence-electron chi connectivity index (χ1n) is 8.06. The van der Waals surface area contributed by atoms with Crippen LogP contribution in [-0.4, -0.2) is 36.4 Å². The van der Waals surface area contributed by atoms with Gasteiger partial charge in [-0.15, -0.1) is 0 Å². The predicted molar refractivity (Wildman–Crippen MR) is 97.5 cm³/mol. The van der Waals surface area contributed by atoms with Crippen LogP contribution in [0.3, 0.4) is 0 Å². The van der Waals surface area contributed by atoms with Crippen molar-refractivity contribution < 1.29 is 14.3 Å². The Hall–Kier alpha value is -2.53. The van der Waals surface area contributed by atoms with Crippen molar-refractivity contribution in [2.45, 2.75) is 13.5 Å². The van der Waals surface area contributed by atoms with Crippen molar-refractivity contribution in [1.82, 2.24) is 10.2 Å². The molecule has 1 N–H and O–H groups in total. The van der Waals surface area contributed by atoms with Crippen molar-refractivity contribution in [3.05, 3.63) is 65.2 Å². The molecule has 0 aliphatic heterocycles. The lowest BCUT2D eigenvalue weighted by Gasteiger charge is -2.21. The lowest BCUT2D eigenvalue weighted by atomic mass is 10.2. The molecule has 0 fully saturated rings. The summed E-state index contributed by atoms with van der Waals surface area (Å²) in [6, 6.07) is 16.4. The van der Waals surface area contributed by atoms with Crippen molar-refractivity contribution >= 4 is 23.4 Å². The number of halogens is 1. The first-order chi connectivity index (χ1) is 12.1. The van der Waals surface area contributed by atoms with Gasteiger partial charge in [-0.3, -0.25) is 9.59 Å². The second-order valence-electron chi connectivity index (χ2n) is 5.38. The fourth-order valence-electron chi connectivity index (χ4n) is 2.21. The van der Waals surface area contributed by atoms with Crippen LogP contribution in [0, 0.1) is 0 Å². The van der Waals surface area contributed by atoms with E-state index in [-0.39, 0.29) is 25.0 Å². The molecule has 0 saturated carbocycles. The summed E-state index contributed by atoms with van der Waals surface area (Å²) in [6.07, 6.45) is 0. The van der Waals surface area contributed by atoms with Gasteiger partial charge < -0.3 is 15.0 Å². The number of ether oxygens (including phenoxy) is 1. The van der Waals surface area contributed by atoms with Crippen LogP contribution in [0.5, 0.6) is 5.75 Å². The Morgan fingerprint density at radius 1 is 1.08 bits per heavy atom. The highest BCUT2D eigenvalue weighted by Gasteiger charge is 2.14.